The fourth-order valence-electron chi connectivity index (χ4n) is 1.87. The van der Waals surface area contributed by atoms with E-state index in [0.29, 0.717) is 23.8 Å². The summed E-state index contributed by atoms with van der Waals surface area (Å²) in [6, 6.07) is 8.43. The Bertz CT molecular complexity index is 555. The van der Waals surface area contributed by atoms with Crippen LogP contribution in [-0.2, 0) is 24.5 Å². The highest BCUT2D eigenvalue weighted by molar-refractivity contribution is 5.16. The summed E-state index contributed by atoms with van der Waals surface area (Å²) < 4.78 is 24.0. The zero-order chi connectivity index (χ0) is 15.1. The molecular weight excluding hydrogens is 271 g/mol. The van der Waals surface area contributed by atoms with Gasteiger partial charge in [0, 0.05) is 18.2 Å². The van der Waals surface area contributed by atoms with E-state index in [2.05, 4.69) is 24.3 Å². The highest BCUT2D eigenvalue weighted by atomic mass is 19.1. The number of benzene rings is 1. The molecule has 1 aromatic carbocycles. The molecule has 0 spiro atoms. The van der Waals surface area contributed by atoms with Crippen LogP contribution in [0.15, 0.2) is 34.9 Å². The summed E-state index contributed by atoms with van der Waals surface area (Å²) in [5, 5.41) is 7.26. The van der Waals surface area contributed by atoms with Gasteiger partial charge in [0.1, 0.15) is 12.4 Å². The van der Waals surface area contributed by atoms with Crippen molar-refractivity contribution in [1.29, 1.82) is 0 Å². The predicted molar refractivity (Wildman–Crippen MR) is 77.9 cm³/mol. The van der Waals surface area contributed by atoms with Crippen molar-refractivity contribution < 1.29 is 13.7 Å². The smallest absolute Gasteiger partial charge is 0.162 e. The first-order chi connectivity index (χ1) is 10.1. The highest BCUT2D eigenvalue weighted by Crippen LogP contribution is 2.10. The lowest BCUT2D eigenvalue weighted by Gasteiger charge is -2.04. The Morgan fingerprint density at radius 1 is 1.29 bits per heavy atom. The molecule has 2 rings (SSSR count). The maximum absolute atomic E-state index is 13.4. The zero-order valence-corrected chi connectivity index (χ0v) is 12.4. The van der Waals surface area contributed by atoms with E-state index in [1.807, 2.05) is 6.07 Å². The molecule has 5 heteroatoms. The lowest BCUT2D eigenvalue weighted by atomic mass is 10.2. The molecule has 0 aliphatic carbocycles. The molecule has 114 valence electrons. The number of rotatable bonds is 8. The van der Waals surface area contributed by atoms with Gasteiger partial charge >= 0.3 is 0 Å². The van der Waals surface area contributed by atoms with Gasteiger partial charge in [0.05, 0.1) is 12.3 Å². The van der Waals surface area contributed by atoms with E-state index in [-0.39, 0.29) is 19.0 Å². The fraction of sp³-hybridized carbons (Fsp3) is 0.438. The molecule has 1 N–H and O–H groups in total. The number of nitrogens with one attached hydrogen (secondary N) is 1. The molecule has 0 amide bonds. The minimum Gasteiger partial charge on any atom is -0.369 e. The van der Waals surface area contributed by atoms with Gasteiger partial charge in [-0.15, -0.1) is 0 Å². The molecule has 1 aromatic heterocycles. The van der Waals surface area contributed by atoms with Crippen LogP contribution < -0.4 is 5.32 Å². The van der Waals surface area contributed by atoms with Crippen molar-refractivity contribution in [2.24, 2.45) is 5.92 Å². The number of aromatic nitrogens is 1. The summed E-state index contributed by atoms with van der Waals surface area (Å²) in [6.45, 7) is 6.41. The number of ether oxygens (including phenoxy) is 1. The maximum Gasteiger partial charge on any atom is 0.162 e. The fourth-order valence-corrected chi connectivity index (χ4v) is 1.87. The number of hydrogen-bond acceptors (Lipinski definition) is 4. The van der Waals surface area contributed by atoms with Crippen LogP contribution in [0.1, 0.15) is 30.9 Å². The maximum atomic E-state index is 13.4. The molecule has 0 saturated carbocycles. The quantitative estimate of drug-likeness (QED) is 0.811. The third-order valence-corrected chi connectivity index (χ3v) is 2.93. The molecule has 0 aliphatic rings. The van der Waals surface area contributed by atoms with Crippen LogP contribution in [-0.4, -0.2) is 11.7 Å². The SMILES string of the molecule is CC(C)CNCc1cc(COCc2ccccc2F)on1. The molecular formula is C16H21FN2O2. The lowest BCUT2D eigenvalue weighted by Crippen LogP contribution is -2.19. The topological polar surface area (TPSA) is 47.3 Å². The van der Waals surface area contributed by atoms with E-state index in [1.54, 1.807) is 18.2 Å². The molecule has 0 aliphatic heterocycles. The van der Waals surface area contributed by atoms with E-state index < -0.39 is 0 Å². The molecule has 0 saturated heterocycles. The standard InChI is InChI=1S/C16H21FN2O2/c1-12(2)8-18-9-14-7-15(21-19-14)11-20-10-13-5-3-4-6-16(13)17/h3-7,12,18H,8-11H2,1-2H3. The molecule has 0 bridgehead atoms. The Morgan fingerprint density at radius 2 is 2.10 bits per heavy atom. The molecule has 0 radical (unpaired) electrons. The van der Waals surface area contributed by atoms with Crippen molar-refractivity contribution in [2.45, 2.75) is 33.6 Å². The zero-order valence-electron chi connectivity index (χ0n) is 12.4. The Hall–Kier alpha value is -1.72. The van der Waals surface area contributed by atoms with Crippen molar-refractivity contribution in [3.8, 4) is 0 Å². The summed E-state index contributed by atoms with van der Waals surface area (Å²) in [5.41, 5.74) is 1.39. The first-order valence-corrected chi connectivity index (χ1v) is 7.11. The molecule has 0 unspecified atom stereocenters. The Labute approximate surface area is 124 Å². The average molecular weight is 292 g/mol. The molecule has 0 fully saturated rings. The first-order valence-electron chi connectivity index (χ1n) is 7.11. The van der Waals surface area contributed by atoms with Gasteiger partial charge in [-0.3, -0.25) is 0 Å². The van der Waals surface area contributed by atoms with E-state index in [9.17, 15) is 4.39 Å². The monoisotopic (exact) mass is 292 g/mol. The minimum atomic E-state index is -0.256. The van der Waals surface area contributed by atoms with Gasteiger partial charge < -0.3 is 14.6 Å². The van der Waals surface area contributed by atoms with Crippen molar-refractivity contribution in [1.82, 2.24) is 10.5 Å². The summed E-state index contributed by atoms with van der Waals surface area (Å²) in [5.74, 6) is 0.988. The Morgan fingerprint density at radius 3 is 2.86 bits per heavy atom. The van der Waals surface area contributed by atoms with Crippen LogP contribution in [0.3, 0.4) is 0 Å². The number of halogens is 1. The molecule has 4 nitrogen and oxygen atoms in total. The van der Waals surface area contributed by atoms with Gasteiger partial charge in [-0.1, -0.05) is 37.2 Å². The first kappa shape index (κ1) is 15.7. The van der Waals surface area contributed by atoms with Crippen LogP contribution >= 0.6 is 0 Å². The minimum absolute atomic E-state index is 0.217. The van der Waals surface area contributed by atoms with Gasteiger partial charge in [-0.05, 0) is 18.5 Å². The van der Waals surface area contributed by atoms with Crippen LogP contribution in [0.5, 0.6) is 0 Å². The summed E-state index contributed by atoms with van der Waals surface area (Å²) in [7, 11) is 0. The number of hydrogen-bond donors (Lipinski definition) is 1. The largest absolute Gasteiger partial charge is 0.369 e. The van der Waals surface area contributed by atoms with Gasteiger partial charge in [0.25, 0.3) is 0 Å². The highest BCUT2D eigenvalue weighted by Gasteiger charge is 2.06. The molecule has 0 atom stereocenters. The Balaban J connectivity index is 1.74. The van der Waals surface area contributed by atoms with Crippen molar-refractivity contribution in [3.63, 3.8) is 0 Å². The Kier molecular flexibility index (Phi) is 5.90. The normalized spacial score (nSPS) is 11.2. The second-order valence-electron chi connectivity index (χ2n) is 5.39. The third kappa shape index (κ3) is 5.28. The van der Waals surface area contributed by atoms with Crippen molar-refractivity contribution in [3.05, 3.63) is 53.2 Å². The molecule has 1 heterocycles. The predicted octanol–water partition coefficient (Wildman–Crippen LogP) is 3.28. The van der Waals surface area contributed by atoms with Gasteiger partial charge in [-0.25, -0.2) is 4.39 Å². The van der Waals surface area contributed by atoms with Crippen molar-refractivity contribution >= 4 is 0 Å². The molecule has 21 heavy (non-hydrogen) atoms. The lowest BCUT2D eigenvalue weighted by molar-refractivity contribution is 0.0863. The second kappa shape index (κ2) is 7.90. The van der Waals surface area contributed by atoms with Gasteiger partial charge in [-0.2, -0.15) is 0 Å². The van der Waals surface area contributed by atoms with Crippen LogP contribution in [0.2, 0.25) is 0 Å². The van der Waals surface area contributed by atoms with E-state index in [4.69, 9.17) is 9.26 Å². The van der Waals surface area contributed by atoms with Gasteiger partial charge in [0.2, 0.25) is 0 Å². The van der Waals surface area contributed by atoms with E-state index in [0.717, 1.165) is 12.2 Å². The third-order valence-electron chi connectivity index (χ3n) is 2.93. The van der Waals surface area contributed by atoms with E-state index >= 15 is 0 Å². The molecule has 2 aromatic rings. The van der Waals surface area contributed by atoms with Gasteiger partial charge in [0.15, 0.2) is 5.76 Å². The second-order valence-corrected chi connectivity index (χ2v) is 5.39. The number of nitrogens with zero attached hydrogens (tertiary/aromatic N) is 1. The summed E-state index contributed by atoms with van der Waals surface area (Å²) >= 11 is 0. The summed E-state index contributed by atoms with van der Waals surface area (Å²) in [4.78, 5) is 0. The van der Waals surface area contributed by atoms with Crippen LogP contribution in [0, 0.1) is 11.7 Å². The van der Waals surface area contributed by atoms with Crippen molar-refractivity contribution in [2.75, 3.05) is 6.54 Å². The van der Waals surface area contributed by atoms with Crippen LogP contribution in [0.4, 0.5) is 4.39 Å². The summed E-state index contributed by atoms with van der Waals surface area (Å²) in [6.07, 6.45) is 0. The van der Waals surface area contributed by atoms with E-state index in [1.165, 1.54) is 6.07 Å². The van der Waals surface area contributed by atoms with Crippen LogP contribution in [0.25, 0.3) is 0 Å². The average Bonchev–Trinajstić information content (AvgIpc) is 2.88.